The van der Waals surface area contributed by atoms with Gasteiger partial charge in [-0.05, 0) is 44.0 Å². The van der Waals surface area contributed by atoms with E-state index in [0.717, 1.165) is 31.2 Å². The zero-order chi connectivity index (χ0) is 19.2. The molecule has 1 aromatic heterocycles. The lowest BCUT2D eigenvalue weighted by molar-refractivity contribution is -0.119. The van der Waals surface area contributed by atoms with Crippen LogP contribution in [0.1, 0.15) is 50.0 Å². The van der Waals surface area contributed by atoms with Crippen LogP contribution in [0.15, 0.2) is 28.7 Å². The van der Waals surface area contributed by atoms with Gasteiger partial charge in [0.05, 0.1) is 11.4 Å². The summed E-state index contributed by atoms with van der Waals surface area (Å²) in [6.07, 6.45) is 6.81. The molecule has 1 aliphatic carbocycles. The van der Waals surface area contributed by atoms with E-state index < -0.39 is 10.8 Å². The molecule has 0 unspecified atom stereocenters. The van der Waals surface area contributed by atoms with E-state index in [1.165, 1.54) is 12.8 Å². The van der Waals surface area contributed by atoms with Crippen molar-refractivity contribution in [1.82, 2.24) is 10.3 Å². The number of nitrogens with one attached hydrogen (secondary N) is 1. The van der Waals surface area contributed by atoms with Crippen molar-refractivity contribution in [3.05, 3.63) is 40.7 Å². The Morgan fingerprint density at radius 1 is 1.22 bits per heavy atom. The Bertz CT molecular complexity index is 796. The number of nitrogens with zero attached hydrogens (tertiary/aromatic N) is 1. The first kappa shape index (κ1) is 20.1. The number of hydrogen-bond acceptors (Lipinski definition) is 4. The highest BCUT2D eigenvalue weighted by molar-refractivity contribution is 7.84. The molecule has 1 atom stereocenters. The van der Waals surface area contributed by atoms with Crippen molar-refractivity contribution in [2.24, 2.45) is 0 Å². The van der Waals surface area contributed by atoms with E-state index in [0.29, 0.717) is 22.4 Å². The second-order valence-electron chi connectivity index (χ2n) is 7.01. The lowest BCUT2D eigenvalue weighted by Gasteiger charge is -2.15. The van der Waals surface area contributed by atoms with Gasteiger partial charge in [-0.1, -0.05) is 37.3 Å². The van der Waals surface area contributed by atoms with Crippen molar-refractivity contribution >= 4 is 28.3 Å². The molecule has 0 bridgehead atoms. The molecule has 5 nitrogen and oxygen atoms in total. The van der Waals surface area contributed by atoms with Crippen molar-refractivity contribution in [2.45, 2.75) is 57.2 Å². The second-order valence-corrected chi connectivity index (χ2v) is 8.91. The van der Waals surface area contributed by atoms with Gasteiger partial charge in [-0.25, -0.2) is 4.98 Å². The molecule has 0 radical (unpaired) electrons. The van der Waals surface area contributed by atoms with Gasteiger partial charge in [0, 0.05) is 27.4 Å². The van der Waals surface area contributed by atoms with Crippen LogP contribution in [0.2, 0.25) is 5.02 Å². The summed E-state index contributed by atoms with van der Waals surface area (Å²) in [6.45, 7) is 1.80. The van der Waals surface area contributed by atoms with E-state index in [-0.39, 0.29) is 23.5 Å². The highest BCUT2D eigenvalue weighted by Gasteiger charge is 2.19. The van der Waals surface area contributed by atoms with Crippen LogP contribution in [-0.2, 0) is 21.3 Å². The molecular formula is C20H25ClN2O3S. The molecule has 27 heavy (non-hydrogen) atoms. The number of amides is 1. The third kappa shape index (κ3) is 5.91. The van der Waals surface area contributed by atoms with E-state index >= 15 is 0 Å². The number of oxazole rings is 1. The molecule has 1 aliphatic rings. The fourth-order valence-corrected chi connectivity index (χ4v) is 4.50. The molecule has 1 aromatic carbocycles. The van der Waals surface area contributed by atoms with Crippen LogP contribution in [0, 0.1) is 6.92 Å². The molecule has 1 saturated carbocycles. The summed E-state index contributed by atoms with van der Waals surface area (Å²) in [5.41, 5.74) is 1.44. The van der Waals surface area contributed by atoms with Gasteiger partial charge in [0.25, 0.3) is 0 Å². The number of aryl methyl sites for hydroxylation is 1. The van der Waals surface area contributed by atoms with Gasteiger partial charge < -0.3 is 9.73 Å². The maximum absolute atomic E-state index is 12.4. The summed E-state index contributed by atoms with van der Waals surface area (Å²) in [5, 5.41) is 3.68. The Hall–Kier alpha value is -1.66. The highest BCUT2D eigenvalue weighted by Crippen LogP contribution is 2.24. The average molecular weight is 409 g/mol. The Labute approximate surface area is 167 Å². The Morgan fingerprint density at radius 2 is 1.89 bits per heavy atom. The zero-order valence-electron chi connectivity index (χ0n) is 15.5. The number of carbonyl (C=O) groups is 1. The molecule has 1 amide bonds. The van der Waals surface area contributed by atoms with E-state index in [1.54, 1.807) is 19.1 Å². The summed E-state index contributed by atoms with van der Waals surface area (Å²) in [5.74, 6) is 1.16. The lowest BCUT2D eigenvalue weighted by Crippen LogP contribution is -2.37. The molecule has 3 rings (SSSR count). The van der Waals surface area contributed by atoms with Crippen LogP contribution in [0.3, 0.4) is 0 Å². The van der Waals surface area contributed by atoms with Crippen molar-refractivity contribution in [2.75, 3.05) is 5.75 Å². The summed E-state index contributed by atoms with van der Waals surface area (Å²) in [6, 6.07) is 7.42. The van der Waals surface area contributed by atoms with Crippen LogP contribution in [0.25, 0.3) is 11.5 Å². The summed E-state index contributed by atoms with van der Waals surface area (Å²) in [4.78, 5) is 16.7. The largest absolute Gasteiger partial charge is 0.441 e. The topological polar surface area (TPSA) is 72.2 Å². The monoisotopic (exact) mass is 408 g/mol. The minimum absolute atomic E-state index is 0.000914. The fraction of sp³-hybridized carbons (Fsp3) is 0.500. The first-order valence-electron chi connectivity index (χ1n) is 9.38. The van der Waals surface area contributed by atoms with Crippen molar-refractivity contribution in [1.29, 1.82) is 0 Å². The van der Waals surface area contributed by atoms with Gasteiger partial charge in [0.15, 0.2) is 0 Å². The molecule has 2 aromatic rings. The maximum Gasteiger partial charge on any atom is 0.232 e. The molecule has 0 saturated heterocycles. The SMILES string of the molecule is Cc1oc(-c2ccc(Cl)cc2)nc1C[S@](=O)CC(=O)NC1CCCCCC1. The molecular weight excluding hydrogens is 384 g/mol. The molecule has 7 heteroatoms. The normalized spacial score (nSPS) is 16.7. The van der Waals surface area contributed by atoms with Gasteiger partial charge in [0.1, 0.15) is 11.5 Å². The molecule has 1 N–H and O–H groups in total. The van der Waals surface area contributed by atoms with Gasteiger partial charge in [-0.2, -0.15) is 0 Å². The second kappa shape index (κ2) is 9.51. The summed E-state index contributed by atoms with van der Waals surface area (Å²) < 4.78 is 18.1. The van der Waals surface area contributed by atoms with E-state index in [1.807, 2.05) is 12.1 Å². The molecule has 146 valence electrons. The molecule has 0 spiro atoms. The minimum Gasteiger partial charge on any atom is -0.441 e. The van der Waals surface area contributed by atoms with Gasteiger partial charge in [-0.15, -0.1) is 0 Å². The lowest BCUT2D eigenvalue weighted by atomic mass is 10.1. The average Bonchev–Trinajstić information content (AvgIpc) is 2.82. The Morgan fingerprint density at radius 3 is 2.56 bits per heavy atom. The Kier molecular flexibility index (Phi) is 7.07. The Balaban J connectivity index is 1.55. The van der Waals surface area contributed by atoms with Gasteiger partial charge in [0.2, 0.25) is 11.8 Å². The molecule has 1 heterocycles. The van der Waals surface area contributed by atoms with Crippen molar-refractivity contribution in [3.8, 4) is 11.5 Å². The maximum atomic E-state index is 12.4. The first-order chi connectivity index (χ1) is 13.0. The highest BCUT2D eigenvalue weighted by atomic mass is 35.5. The number of halogens is 1. The first-order valence-corrected chi connectivity index (χ1v) is 11.2. The van der Waals surface area contributed by atoms with Crippen LogP contribution < -0.4 is 5.32 Å². The third-order valence-electron chi connectivity index (χ3n) is 4.79. The number of benzene rings is 1. The quantitative estimate of drug-likeness (QED) is 0.719. The van der Waals surface area contributed by atoms with Crippen molar-refractivity contribution in [3.63, 3.8) is 0 Å². The smallest absolute Gasteiger partial charge is 0.232 e. The van der Waals surface area contributed by atoms with Gasteiger partial charge >= 0.3 is 0 Å². The predicted octanol–water partition coefficient (Wildman–Crippen LogP) is 4.39. The molecule has 0 aliphatic heterocycles. The van der Waals surface area contributed by atoms with Crippen LogP contribution in [0.4, 0.5) is 0 Å². The standard InChI is InChI=1S/C20H25ClN2O3S/c1-14-18(23-20(26-14)15-8-10-16(21)11-9-15)12-27(25)13-19(24)22-17-6-4-2-3-5-7-17/h8-11,17H,2-7,12-13H2,1H3,(H,22,24)/t27-/m0/s1. The number of rotatable bonds is 6. The van der Waals surface area contributed by atoms with Crippen LogP contribution in [-0.4, -0.2) is 26.9 Å². The van der Waals surface area contributed by atoms with Crippen LogP contribution in [0.5, 0.6) is 0 Å². The minimum atomic E-state index is -1.32. The van der Waals surface area contributed by atoms with Gasteiger partial charge in [-0.3, -0.25) is 9.00 Å². The molecule has 1 fully saturated rings. The third-order valence-corrected chi connectivity index (χ3v) is 6.23. The van der Waals surface area contributed by atoms with Crippen LogP contribution >= 0.6 is 11.6 Å². The number of aromatic nitrogens is 1. The fourth-order valence-electron chi connectivity index (χ4n) is 3.32. The zero-order valence-corrected chi connectivity index (χ0v) is 17.1. The predicted molar refractivity (Wildman–Crippen MR) is 108 cm³/mol. The number of hydrogen-bond donors (Lipinski definition) is 1. The van der Waals surface area contributed by atoms with E-state index in [9.17, 15) is 9.00 Å². The summed E-state index contributed by atoms with van der Waals surface area (Å²) >= 11 is 5.90. The summed E-state index contributed by atoms with van der Waals surface area (Å²) in [7, 11) is -1.32. The number of carbonyl (C=O) groups excluding carboxylic acids is 1. The van der Waals surface area contributed by atoms with E-state index in [4.69, 9.17) is 16.0 Å². The van der Waals surface area contributed by atoms with Crippen molar-refractivity contribution < 1.29 is 13.4 Å². The van der Waals surface area contributed by atoms with E-state index in [2.05, 4.69) is 10.3 Å².